The van der Waals surface area contributed by atoms with Crippen LogP contribution in [-0.4, -0.2) is 38.3 Å². The van der Waals surface area contributed by atoms with Gasteiger partial charge in [0.25, 0.3) is 5.91 Å². The molecule has 0 aliphatic carbocycles. The smallest absolute Gasteiger partial charge is 0.311 e. The molecule has 2 aromatic rings. The van der Waals surface area contributed by atoms with Crippen molar-refractivity contribution in [3.8, 4) is 17.2 Å². The zero-order chi connectivity index (χ0) is 19.2. The fraction of sp³-hybridized carbons (Fsp3) is 0.300. The van der Waals surface area contributed by atoms with E-state index < -0.39 is 18.0 Å². The maximum atomic E-state index is 12.3. The molecule has 1 N–H and O–H groups in total. The Balaban J connectivity index is 1.56. The van der Waals surface area contributed by atoms with Crippen molar-refractivity contribution >= 4 is 17.6 Å². The van der Waals surface area contributed by atoms with Gasteiger partial charge in [0.05, 0.1) is 19.2 Å². The predicted octanol–water partition coefficient (Wildman–Crippen LogP) is 2.58. The Morgan fingerprint density at radius 1 is 1.11 bits per heavy atom. The molecule has 1 amide bonds. The van der Waals surface area contributed by atoms with E-state index in [1.54, 1.807) is 42.5 Å². The Bertz CT molecular complexity index is 835. The third kappa shape index (κ3) is 4.69. The lowest BCUT2D eigenvalue weighted by Crippen LogP contribution is -2.30. The van der Waals surface area contributed by atoms with Gasteiger partial charge in [0.1, 0.15) is 19.0 Å². The molecule has 1 heterocycles. The first-order valence-electron chi connectivity index (χ1n) is 8.58. The monoisotopic (exact) mass is 371 g/mol. The number of anilines is 1. The zero-order valence-electron chi connectivity index (χ0n) is 15.2. The normalized spacial score (nSPS) is 13.4. The van der Waals surface area contributed by atoms with E-state index in [1.165, 1.54) is 14.0 Å². The Labute approximate surface area is 157 Å². The highest BCUT2D eigenvalue weighted by Crippen LogP contribution is 2.31. The summed E-state index contributed by atoms with van der Waals surface area (Å²) < 4.78 is 21.4. The molecule has 3 rings (SSSR count). The molecule has 0 fully saturated rings. The van der Waals surface area contributed by atoms with Crippen LogP contribution in [0.4, 0.5) is 5.69 Å². The average molecular weight is 371 g/mol. The van der Waals surface area contributed by atoms with Crippen molar-refractivity contribution in [3.63, 3.8) is 0 Å². The minimum Gasteiger partial charge on any atom is -0.495 e. The Kier molecular flexibility index (Phi) is 5.80. The third-order valence-electron chi connectivity index (χ3n) is 4.00. The molecule has 7 nitrogen and oxygen atoms in total. The van der Waals surface area contributed by atoms with Crippen LogP contribution < -0.4 is 19.5 Å². The summed E-state index contributed by atoms with van der Waals surface area (Å²) in [6.07, 6.45) is -0.914. The van der Waals surface area contributed by atoms with Gasteiger partial charge < -0.3 is 24.3 Å². The van der Waals surface area contributed by atoms with E-state index in [0.29, 0.717) is 36.1 Å². The maximum absolute atomic E-state index is 12.3. The van der Waals surface area contributed by atoms with Crippen LogP contribution in [-0.2, 0) is 20.7 Å². The van der Waals surface area contributed by atoms with Gasteiger partial charge in [-0.1, -0.05) is 18.2 Å². The van der Waals surface area contributed by atoms with Crippen molar-refractivity contribution in [1.29, 1.82) is 0 Å². The van der Waals surface area contributed by atoms with Crippen LogP contribution >= 0.6 is 0 Å². The molecule has 1 aliphatic rings. The van der Waals surface area contributed by atoms with Crippen LogP contribution in [0.15, 0.2) is 42.5 Å². The number of carbonyl (C=O) groups excluding carboxylic acids is 2. The van der Waals surface area contributed by atoms with Gasteiger partial charge >= 0.3 is 5.97 Å². The van der Waals surface area contributed by atoms with Gasteiger partial charge in [0.2, 0.25) is 0 Å². The summed E-state index contributed by atoms with van der Waals surface area (Å²) in [4.78, 5) is 24.5. The van der Waals surface area contributed by atoms with E-state index in [1.807, 2.05) is 0 Å². The molecule has 0 bridgehead atoms. The maximum Gasteiger partial charge on any atom is 0.311 e. The summed E-state index contributed by atoms with van der Waals surface area (Å²) in [6.45, 7) is 2.50. The number of esters is 1. The van der Waals surface area contributed by atoms with Gasteiger partial charge in [-0.3, -0.25) is 9.59 Å². The van der Waals surface area contributed by atoms with Gasteiger partial charge in [0.15, 0.2) is 17.6 Å². The molecule has 0 unspecified atom stereocenters. The molecule has 0 aromatic heterocycles. The highest BCUT2D eigenvalue weighted by molar-refractivity contribution is 5.96. The van der Waals surface area contributed by atoms with Gasteiger partial charge in [-0.05, 0) is 36.8 Å². The van der Waals surface area contributed by atoms with Crippen molar-refractivity contribution in [2.45, 2.75) is 19.4 Å². The van der Waals surface area contributed by atoms with Crippen molar-refractivity contribution in [3.05, 3.63) is 48.0 Å². The second-order valence-corrected chi connectivity index (χ2v) is 5.98. The van der Waals surface area contributed by atoms with Crippen LogP contribution in [0.1, 0.15) is 12.5 Å². The zero-order valence-corrected chi connectivity index (χ0v) is 15.2. The number of hydrogen-bond donors (Lipinski definition) is 1. The number of nitrogens with one attached hydrogen (secondary N) is 1. The first-order valence-corrected chi connectivity index (χ1v) is 8.58. The number of fused-ring (bicyclic) bond motifs is 1. The topological polar surface area (TPSA) is 83.1 Å². The molecule has 2 aromatic carbocycles. The van der Waals surface area contributed by atoms with Crippen LogP contribution in [0, 0.1) is 0 Å². The van der Waals surface area contributed by atoms with E-state index in [0.717, 1.165) is 5.56 Å². The van der Waals surface area contributed by atoms with Gasteiger partial charge in [-0.2, -0.15) is 0 Å². The first-order chi connectivity index (χ1) is 13.1. The number of benzene rings is 2. The summed E-state index contributed by atoms with van der Waals surface area (Å²) in [6, 6.07) is 12.3. The number of methoxy groups -OCH3 is 1. The van der Waals surface area contributed by atoms with E-state index in [4.69, 9.17) is 18.9 Å². The Morgan fingerprint density at radius 2 is 1.85 bits per heavy atom. The lowest BCUT2D eigenvalue weighted by molar-refractivity contribution is -0.152. The molecule has 1 atom stereocenters. The standard InChI is InChI=1S/C20H21NO6/c1-13(20(23)21-15-5-3-4-6-16(15)24-2)27-19(22)12-14-7-8-17-18(11-14)26-10-9-25-17/h3-8,11,13H,9-10,12H2,1-2H3,(H,21,23)/t13-/m1/s1. The minimum atomic E-state index is -0.945. The van der Waals surface area contributed by atoms with E-state index in [-0.39, 0.29) is 6.42 Å². The Morgan fingerprint density at radius 3 is 2.63 bits per heavy atom. The molecule has 0 spiro atoms. The summed E-state index contributed by atoms with van der Waals surface area (Å²) in [5, 5.41) is 2.69. The SMILES string of the molecule is COc1ccccc1NC(=O)[C@@H](C)OC(=O)Cc1ccc2c(c1)OCCO2. The molecule has 27 heavy (non-hydrogen) atoms. The number of ether oxygens (including phenoxy) is 4. The van der Waals surface area contributed by atoms with Gasteiger partial charge in [0, 0.05) is 0 Å². The number of para-hydroxylation sites is 2. The third-order valence-corrected chi connectivity index (χ3v) is 4.00. The van der Waals surface area contributed by atoms with Crippen molar-refractivity contribution in [2.75, 3.05) is 25.6 Å². The van der Waals surface area contributed by atoms with Crippen molar-refractivity contribution in [1.82, 2.24) is 0 Å². The summed E-state index contributed by atoms with van der Waals surface area (Å²) in [7, 11) is 1.52. The van der Waals surface area contributed by atoms with E-state index >= 15 is 0 Å². The lowest BCUT2D eigenvalue weighted by atomic mass is 10.1. The van der Waals surface area contributed by atoms with Gasteiger partial charge in [-0.15, -0.1) is 0 Å². The second kappa shape index (κ2) is 8.44. The summed E-state index contributed by atoms with van der Waals surface area (Å²) in [5.41, 5.74) is 1.24. The predicted molar refractivity (Wildman–Crippen MR) is 98.3 cm³/mol. The van der Waals surface area contributed by atoms with Gasteiger partial charge in [-0.25, -0.2) is 0 Å². The van der Waals surface area contributed by atoms with Crippen LogP contribution in [0.25, 0.3) is 0 Å². The lowest BCUT2D eigenvalue weighted by Gasteiger charge is -2.19. The fourth-order valence-electron chi connectivity index (χ4n) is 2.64. The highest BCUT2D eigenvalue weighted by atomic mass is 16.6. The average Bonchev–Trinajstić information content (AvgIpc) is 2.68. The van der Waals surface area contributed by atoms with Crippen LogP contribution in [0.2, 0.25) is 0 Å². The minimum absolute atomic E-state index is 0.0307. The number of amides is 1. The highest BCUT2D eigenvalue weighted by Gasteiger charge is 2.20. The molecule has 7 heteroatoms. The van der Waals surface area contributed by atoms with Crippen LogP contribution in [0.3, 0.4) is 0 Å². The molecule has 142 valence electrons. The number of carbonyl (C=O) groups is 2. The van der Waals surface area contributed by atoms with E-state index in [9.17, 15) is 9.59 Å². The molecular formula is C20H21NO6. The first kappa shape index (κ1) is 18.6. The fourth-order valence-corrected chi connectivity index (χ4v) is 2.64. The largest absolute Gasteiger partial charge is 0.495 e. The van der Waals surface area contributed by atoms with Crippen LogP contribution in [0.5, 0.6) is 17.2 Å². The number of hydrogen-bond acceptors (Lipinski definition) is 6. The quantitative estimate of drug-likeness (QED) is 0.786. The summed E-state index contributed by atoms with van der Waals surface area (Å²) in [5.74, 6) is 0.849. The second-order valence-electron chi connectivity index (χ2n) is 5.98. The number of rotatable bonds is 6. The summed E-state index contributed by atoms with van der Waals surface area (Å²) >= 11 is 0. The van der Waals surface area contributed by atoms with Crippen molar-refractivity contribution in [2.24, 2.45) is 0 Å². The molecule has 1 aliphatic heterocycles. The molecule has 0 radical (unpaired) electrons. The van der Waals surface area contributed by atoms with E-state index in [2.05, 4.69) is 5.32 Å². The molecule has 0 saturated heterocycles. The molecular weight excluding hydrogens is 350 g/mol. The Hall–Kier alpha value is -3.22. The van der Waals surface area contributed by atoms with Crippen molar-refractivity contribution < 1.29 is 28.5 Å². The molecule has 0 saturated carbocycles.